The van der Waals surface area contributed by atoms with Gasteiger partial charge in [0.05, 0.1) is 5.56 Å². The number of rotatable bonds is 4. The summed E-state index contributed by atoms with van der Waals surface area (Å²) in [5.41, 5.74) is 0.112. The highest BCUT2D eigenvalue weighted by Gasteiger charge is 2.26. The lowest BCUT2D eigenvalue weighted by Gasteiger charge is -2.13. The Hall–Kier alpha value is -0.550. The fourth-order valence-electron chi connectivity index (χ4n) is 2.39. The number of carbonyl (C=O) groups is 1. The second-order valence-corrected chi connectivity index (χ2v) is 7.18. The number of nitrogens with one attached hydrogen (secondary N) is 1. The van der Waals surface area contributed by atoms with Gasteiger partial charge in [0.25, 0.3) is 5.91 Å². The molecular formula is C14H17BrFNOS. The van der Waals surface area contributed by atoms with Gasteiger partial charge in [0.1, 0.15) is 5.82 Å². The normalized spacial score (nSPS) is 22.5. The number of hydrogen-bond acceptors (Lipinski definition) is 2. The molecule has 19 heavy (non-hydrogen) atoms. The maximum absolute atomic E-state index is 13.6. The molecule has 5 heteroatoms. The number of halogens is 2. The Morgan fingerprint density at radius 2 is 2.32 bits per heavy atom. The van der Waals surface area contributed by atoms with Crippen molar-refractivity contribution in [2.24, 2.45) is 0 Å². The monoisotopic (exact) mass is 345 g/mol. The van der Waals surface area contributed by atoms with Gasteiger partial charge in [-0.1, -0.05) is 22.9 Å². The van der Waals surface area contributed by atoms with Crippen LogP contribution in [-0.4, -0.2) is 23.0 Å². The Morgan fingerprint density at radius 3 is 3.05 bits per heavy atom. The van der Waals surface area contributed by atoms with Gasteiger partial charge in [0, 0.05) is 15.8 Å². The van der Waals surface area contributed by atoms with Crippen LogP contribution in [0.15, 0.2) is 22.7 Å². The molecule has 1 aromatic rings. The molecule has 0 aromatic heterocycles. The second-order valence-electron chi connectivity index (χ2n) is 4.68. The highest BCUT2D eigenvalue weighted by atomic mass is 79.9. The van der Waals surface area contributed by atoms with Crippen LogP contribution in [0.3, 0.4) is 0 Å². The predicted molar refractivity (Wildman–Crippen MR) is 81.1 cm³/mol. The molecular weight excluding hydrogens is 329 g/mol. The molecule has 0 bridgehead atoms. The van der Waals surface area contributed by atoms with Crippen LogP contribution >= 0.6 is 27.7 Å². The van der Waals surface area contributed by atoms with Crippen LogP contribution in [0.25, 0.3) is 0 Å². The number of carbonyl (C=O) groups excluding carboxylic acids is 1. The van der Waals surface area contributed by atoms with Crippen molar-refractivity contribution in [3.63, 3.8) is 0 Å². The third kappa shape index (κ3) is 3.96. The minimum absolute atomic E-state index is 0.112. The number of benzene rings is 1. The first-order chi connectivity index (χ1) is 9.10. The largest absolute Gasteiger partial charge is 0.349 e. The van der Waals surface area contributed by atoms with Crippen LogP contribution < -0.4 is 5.32 Å². The molecule has 1 amide bonds. The molecule has 1 N–H and O–H groups in total. The van der Waals surface area contributed by atoms with Crippen molar-refractivity contribution in [1.82, 2.24) is 5.32 Å². The summed E-state index contributed by atoms with van der Waals surface area (Å²) in [6.45, 7) is 2.15. The first kappa shape index (κ1) is 14.9. The van der Waals surface area contributed by atoms with Gasteiger partial charge in [-0.15, -0.1) is 0 Å². The van der Waals surface area contributed by atoms with Gasteiger partial charge in [-0.25, -0.2) is 4.39 Å². The summed E-state index contributed by atoms with van der Waals surface area (Å²) < 4.78 is 14.3. The molecule has 2 unspecified atom stereocenters. The van der Waals surface area contributed by atoms with E-state index in [-0.39, 0.29) is 17.5 Å². The number of amides is 1. The first-order valence-corrected chi connectivity index (χ1v) is 8.32. The van der Waals surface area contributed by atoms with Gasteiger partial charge in [-0.2, -0.15) is 11.8 Å². The topological polar surface area (TPSA) is 29.1 Å². The van der Waals surface area contributed by atoms with E-state index >= 15 is 0 Å². The maximum Gasteiger partial charge on any atom is 0.254 e. The van der Waals surface area contributed by atoms with E-state index in [1.165, 1.54) is 12.1 Å². The minimum atomic E-state index is -0.474. The van der Waals surface area contributed by atoms with Crippen LogP contribution in [0.5, 0.6) is 0 Å². The molecule has 0 spiro atoms. The average Bonchev–Trinajstić information content (AvgIpc) is 2.80. The zero-order valence-electron chi connectivity index (χ0n) is 10.8. The van der Waals surface area contributed by atoms with Crippen molar-refractivity contribution in [2.45, 2.75) is 37.5 Å². The Kier molecular flexibility index (Phi) is 5.28. The maximum atomic E-state index is 13.6. The predicted octanol–water partition coefficient (Wildman–Crippen LogP) is 3.99. The molecule has 0 radical (unpaired) electrons. The molecule has 2 atom stereocenters. The van der Waals surface area contributed by atoms with Gasteiger partial charge < -0.3 is 5.32 Å². The Labute approximate surface area is 125 Å². The summed E-state index contributed by atoms with van der Waals surface area (Å²) in [5.74, 6) is 0.315. The second kappa shape index (κ2) is 6.75. The highest BCUT2D eigenvalue weighted by Crippen LogP contribution is 2.30. The highest BCUT2D eigenvalue weighted by molar-refractivity contribution is 9.10. The van der Waals surface area contributed by atoms with Gasteiger partial charge in [-0.05, 0) is 43.2 Å². The van der Waals surface area contributed by atoms with Crippen molar-refractivity contribution < 1.29 is 9.18 Å². The molecule has 1 aromatic carbocycles. The molecule has 1 aliphatic carbocycles. The Bertz CT molecular complexity index is 469. The molecule has 1 fully saturated rings. The third-order valence-electron chi connectivity index (χ3n) is 3.30. The fraction of sp³-hybridized carbons (Fsp3) is 0.500. The van der Waals surface area contributed by atoms with E-state index in [1.807, 2.05) is 11.8 Å². The summed E-state index contributed by atoms with van der Waals surface area (Å²) in [7, 11) is 0. The molecule has 1 aliphatic rings. The van der Waals surface area contributed by atoms with Crippen LogP contribution in [0.4, 0.5) is 4.39 Å². The number of hydrogen-bond donors (Lipinski definition) is 1. The van der Waals surface area contributed by atoms with E-state index < -0.39 is 5.82 Å². The van der Waals surface area contributed by atoms with Crippen molar-refractivity contribution >= 4 is 33.6 Å². The Morgan fingerprint density at radius 1 is 1.53 bits per heavy atom. The summed E-state index contributed by atoms with van der Waals surface area (Å²) in [6.07, 6.45) is 3.10. The molecule has 0 heterocycles. The lowest BCUT2D eigenvalue weighted by Crippen LogP contribution is -2.33. The fourth-order valence-corrected chi connectivity index (χ4v) is 3.90. The van der Waals surface area contributed by atoms with E-state index in [1.54, 1.807) is 6.07 Å². The Balaban J connectivity index is 1.96. The molecule has 104 valence electrons. The SMILES string of the molecule is CCSC1CCC(NC(=O)c2cc(Br)ccc2F)C1. The summed E-state index contributed by atoms with van der Waals surface area (Å²) in [6, 6.07) is 4.60. The van der Waals surface area contributed by atoms with E-state index in [0.29, 0.717) is 9.72 Å². The van der Waals surface area contributed by atoms with E-state index in [2.05, 4.69) is 28.2 Å². The average molecular weight is 346 g/mol. The smallest absolute Gasteiger partial charge is 0.254 e. The van der Waals surface area contributed by atoms with Crippen molar-refractivity contribution in [3.8, 4) is 0 Å². The molecule has 0 saturated heterocycles. The van der Waals surface area contributed by atoms with E-state index in [9.17, 15) is 9.18 Å². The summed E-state index contributed by atoms with van der Waals surface area (Å²) >= 11 is 5.20. The van der Waals surface area contributed by atoms with Gasteiger partial charge in [0.2, 0.25) is 0 Å². The molecule has 0 aliphatic heterocycles. The zero-order chi connectivity index (χ0) is 13.8. The van der Waals surface area contributed by atoms with Crippen molar-refractivity contribution in [2.75, 3.05) is 5.75 Å². The third-order valence-corrected chi connectivity index (χ3v) is 5.02. The number of thioether (sulfide) groups is 1. The molecule has 1 saturated carbocycles. The van der Waals surface area contributed by atoms with Gasteiger partial charge in [0.15, 0.2) is 0 Å². The lowest BCUT2D eigenvalue weighted by molar-refractivity contribution is 0.0934. The van der Waals surface area contributed by atoms with Crippen molar-refractivity contribution in [1.29, 1.82) is 0 Å². The zero-order valence-corrected chi connectivity index (χ0v) is 13.2. The van der Waals surface area contributed by atoms with Gasteiger partial charge in [-0.3, -0.25) is 4.79 Å². The standard InChI is InChI=1S/C14H17BrFNOS/c1-2-19-11-5-4-10(8-11)17-14(18)12-7-9(15)3-6-13(12)16/h3,6-7,10-11H,2,4-5,8H2,1H3,(H,17,18). The van der Waals surface area contributed by atoms with E-state index in [4.69, 9.17) is 0 Å². The van der Waals surface area contributed by atoms with E-state index in [0.717, 1.165) is 25.0 Å². The summed E-state index contributed by atoms with van der Waals surface area (Å²) in [5, 5.41) is 3.57. The van der Waals surface area contributed by atoms with Crippen LogP contribution in [-0.2, 0) is 0 Å². The van der Waals surface area contributed by atoms with Crippen LogP contribution in [0.2, 0.25) is 0 Å². The van der Waals surface area contributed by atoms with Crippen LogP contribution in [0.1, 0.15) is 36.5 Å². The van der Waals surface area contributed by atoms with Gasteiger partial charge >= 0.3 is 0 Å². The molecule has 2 nitrogen and oxygen atoms in total. The minimum Gasteiger partial charge on any atom is -0.349 e. The van der Waals surface area contributed by atoms with Crippen LogP contribution in [0, 0.1) is 5.82 Å². The quantitative estimate of drug-likeness (QED) is 0.893. The molecule has 2 rings (SSSR count). The summed E-state index contributed by atoms with van der Waals surface area (Å²) in [4.78, 5) is 12.1. The lowest BCUT2D eigenvalue weighted by atomic mass is 10.1. The van der Waals surface area contributed by atoms with Crippen molar-refractivity contribution in [3.05, 3.63) is 34.1 Å². The first-order valence-electron chi connectivity index (χ1n) is 6.47.